The molecule has 108 valence electrons. The molecule has 0 radical (unpaired) electrons. The van der Waals surface area contributed by atoms with Gasteiger partial charge in [0.05, 0.1) is 13.7 Å². The number of carbonyl (C=O) groups excluding carboxylic acids is 1. The minimum atomic E-state index is -0.370. The molecule has 0 rings (SSSR count). The first-order valence-corrected chi connectivity index (χ1v) is 7.38. The Morgan fingerprint density at radius 1 is 1.06 bits per heavy atom. The average Bonchev–Trinajstić information content (AvgIpc) is 2.41. The number of unbranched alkanes of at least 4 members (excludes halogenated alkanes) is 2. The fourth-order valence-corrected chi connectivity index (χ4v) is 1.94. The first-order chi connectivity index (χ1) is 8.69. The summed E-state index contributed by atoms with van der Waals surface area (Å²) in [7, 11) is 1.43. The lowest BCUT2D eigenvalue weighted by Gasteiger charge is -2.20. The van der Waals surface area contributed by atoms with Gasteiger partial charge in [-0.1, -0.05) is 52.9 Å². The van der Waals surface area contributed by atoms with Crippen molar-refractivity contribution in [1.82, 2.24) is 0 Å². The summed E-state index contributed by atoms with van der Waals surface area (Å²) in [4.78, 5) is 11.6. The van der Waals surface area contributed by atoms with Gasteiger partial charge in [-0.25, -0.2) is 4.79 Å². The standard InChI is InChI=1S/C15H30O3/c1-5-8-10-13(7-3)12-18-14(11-9-6-2)15(16)17-4/h13-14H,5-12H2,1-4H3. The fourth-order valence-electron chi connectivity index (χ4n) is 1.94. The monoisotopic (exact) mass is 258 g/mol. The molecule has 0 aromatic rings. The Morgan fingerprint density at radius 3 is 2.17 bits per heavy atom. The Labute approximate surface area is 112 Å². The maximum absolute atomic E-state index is 11.6. The van der Waals surface area contributed by atoms with Gasteiger partial charge in [0.15, 0.2) is 6.10 Å². The number of methoxy groups -OCH3 is 1. The zero-order valence-corrected chi connectivity index (χ0v) is 12.5. The lowest BCUT2D eigenvalue weighted by molar-refractivity contribution is -0.155. The molecule has 0 aliphatic rings. The number of hydrogen-bond donors (Lipinski definition) is 0. The lowest BCUT2D eigenvalue weighted by Crippen LogP contribution is -2.28. The molecule has 0 spiro atoms. The second-order valence-electron chi connectivity index (χ2n) is 4.90. The van der Waals surface area contributed by atoms with Crippen LogP contribution in [-0.2, 0) is 14.3 Å². The van der Waals surface area contributed by atoms with Gasteiger partial charge in [-0.15, -0.1) is 0 Å². The molecular weight excluding hydrogens is 228 g/mol. The van der Waals surface area contributed by atoms with E-state index in [-0.39, 0.29) is 12.1 Å². The molecule has 18 heavy (non-hydrogen) atoms. The topological polar surface area (TPSA) is 35.5 Å². The summed E-state index contributed by atoms with van der Waals surface area (Å²) in [6.07, 6.45) is 7.23. The molecule has 0 saturated heterocycles. The Kier molecular flexibility index (Phi) is 11.2. The van der Waals surface area contributed by atoms with Crippen LogP contribution in [0.15, 0.2) is 0 Å². The SMILES string of the molecule is CCCCC(CC)COC(CCCC)C(=O)OC. The maximum atomic E-state index is 11.6. The van der Waals surface area contributed by atoms with Crippen LogP contribution in [-0.4, -0.2) is 25.8 Å². The zero-order chi connectivity index (χ0) is 13.8. The van der Waals surface area contributed by atoms with Crippen molar-refractivity contribution in [1.29, 1.82) is 0 Å². The molecule has 0 bridgehead atoms. The Morgan fingerprint density at radius 2 is 1.67 bits per heavy atom. The van der Waals surface area contributed by atoms with E-state index in [4.69, 9.17) is 9.47 Å². The third kappa shape index (κ3) is 7.70. The molecule has 0 aromatic carbocycles. The molecule has 2 atom stereocenters. The van der Waals surface area contributed by atoms with Crippen molar-refractivity contribution in [2.45, 2.75) is 71.8 Å². The summed E-state index contributed by atoms with van der Waals surface area (Å²) < 4.78 is 10.6. The van der Waals surface area contributed by atoms with Crippen LogP contribution in [0.1, 0.15) is 65.7 Å². The van der Waals surface area contributed by atoms with Crippen molar-refractivity contribution in [2.75, 3.05) is 13.7 Å². The molecule has 0 aliphatic carbocycles. The third-order valence-electron chi connectivity index (χ3n) is 3.36. The first-order valence-electron chi connectivity index (χ1n) is 7.38. The van der Waals surface area contributed by atoms with E-state index in [9.17, 15) is 4.79 Å². The van der Waals surface area contributed by atoms with E-state index >= 15 is 0 Å². The molecule has 2 unspecified atom stereocenters. The van der Waals surface area contributed by atoms with Crippen LogP contribution in [0.25, 0.3) is 0 Å². The maximum Gasteiger partial charge on any atom is 0.334 e. The van der Waals surface area contributed by atoms with Gasteiger partial charge < -0.3 is 9.47 Å². The van der Waals surface area contributed by atoms with Gasteiger partial charge in [0.2, 0.25) is 0 Å². The highest BCUT2D eigenvalue weighted by Crippen LogP contribution is 2.15. The van der Waals surface area contributed by atoms with Crippen LogP contribution in [0.4, 0.5) is 0 Å². The van der Waals surface area contributed by atoms with Crippen LogP contribution in [0.5, 0.6) is 0 Å². The van der Waals surface area contributed by atoms with Crippen molar-refractivity contribution < 1.29 is 14.3 Å². The van der Waals surface area contributed by atoms with Gasteiger partial charge in [-0.2, -0.15) is 0 Å². The molecule has 0 saturated carbocycles. The predicted octanol–water partition coefficient (Wildman–Crippen LogP) is 3.95. The van der Waals surface area contributed by atoms with E-state index in [0.29, 0.717) is 12.5 Å². The second-order valence-corrected chi connectivity index (χ2v) is 4.90. The summed E-state index contributed by atoms with van der Waals surface area (Å²) in [5, 5.41) is 0. The molecule has 3 nitrogen and oxygen atoms in total. The van der Waals surface area contributed by atoms with Gasteiger partial charge >= 0.3 is 5.97 Å². The third-order valence-corrected chi connectivity index (χ3v) is 3.36. The molecule has 0 aromatic heterocycles. The van der Waals surface area contributed by atoms with Gasteiger partial charge in [0.1, 0.15) is 0 Å². The highest BCUT2D eigenvalue weighted by Gasteiger charge is 2.20. The van der Waals surface area contributed by atoms with E-state index in [0.717, 1.165) is 25.7 Å². The summed E-state index contributed by atoms with van der Waals surface area (Å²) in [5.41, 5.74) is 0. The van der Waals surface area contributed by atoms with Crippen LogP contribution in [0.2, 0.25) is 0 Å². The summed E-state index contributed by atoms with van der Waals surface area (Å²) >= 11 is 0. The first kappa shape index (κ1) is 17.4. The number of carbonyl (C=O) groups is 1. The Balaban J connectivity index is 4.08. The molecular formula is C15H30O3. The van der Waals surface area contributed by atoms with Crippen molar-refractivity contribution in [3.8, 4) is 0 Å². The van der Waals surface area contributed by atoms with Gasteiger partial charge in [-0.3, -0.25) is 0 Å². The van der Waals surface area contributed by atoms with Gasteiger partial charge in [0.25, 0.3) is 0 Å². The number of rotatable bonds is 11. The van der Waals surface area contributed by atoms with Crippen molar-refractivity contribution in [2.24, 2.45) is 5.92 Å². The Bertz CT molecular complexity index is 204. The Hall–Kier alpha value is -0.570. The van der Waals surface area contributed by atoms with Crippen LogP contribution >= 0.6 is 0 Å². The summed E-state index contributed by atoms with van der Waals surface area (Å²) in [6.45, 7) is 7.18. The molecule has 0 heterocycles. The molecule has 3 heteroatoms. The second kappa shape index (κ2) is 11.5. The number of hydrogen-bond acceptors (Lipinski definition) is 3. The lowest BCUT2D eigenvalue weighted by atomic mass is 10.0. The van der Waals surface area contributed by atoms with Crippen LogP contribution < -0.4 is 0 Å². The minimum absolute atomic E-state index is 0.228. The average molecular weight is 258 g/mol. The normalized spacial score (nSPS) is 14.2. The fraction of sp³-hybridized carbons (Fsp3) is 0.933. The summed E-state index contributed by atoms with van der Waals surface area (Å²) in [5.74, 6) is 0.340. The number of ether oxygens (including phenoxy) is 2. The van der Waals surface area contributed by atoms with Crippen LogP contribution in [0.3, 0.4) is 0 Å². The molecule has 0 aliphatic heterocycles. The molecule has 0 amide bonds. The van der Waals surface area contributed by atoms with Gasteiger partial charge in [0, 0.05) is 0 Å². The quantitative estimate of drug-likeness (QED) is 0.526. The molecule has 0 fully saturated rings. The highest BCUT2D eigenvalue weighted by molar-refractivity contribution is 5.74. The van der Waals surface area contributed by atoms with Crippen molar-refractivity contribution >= 4 is 5.97 Å². The molecule has 0 N–H and O–H groups in total. The van der Waals surface area contributed by atoms with Crippen molar-refractivity contribution in [3.63, 3.8) is 0 Å². The minimum Gasteiger partial charge on any atom is -0.467 e. The van der Waals surface area contributed by atoms with E-state index < -0.39 is 0 Å². The predicted molar refractivity (Wildman–Crippen MR) is 74.6 cm³/mol. The van der Waals surface area contributed by atoms with E-state index in [2.05, 4.69) is 20.8 Å². The largest absolute Gasteiger partial charge is 0.467 e. The van der Waals surface area contributed by atoms with Gasteiger partial charge in [-0.05, 0) is 18.8 Å². The number of esters is 1. The van der Waals surface area contributed by atoms with E-state index in [1.807, 2.05) is 0 Å². The summed E-state index contributed by atoms with van der Waals surface area (Å²) in [6, 6.07) is 0. The van der Waals surface area contributed by atoms with E-state index in [1.165, 1.54) is 26.4 Å². The highest BCUT2D eigenvalue weighted by atomic mass is 16.6. The smallest absolute Gasteiger partial charge is 0.334 e. The zero-order valence-electron chi connectivity index (χ0n) is 12.5. The van der Waals surface area contributed by atoms with Crippen LogP contribution in [0, 0.1) is 5.92 Å². The van der Waals surface area contributed by atoms with Crippen molar-refractivity contribution in [3.05, 3.63) is 0 Å². The van der Waals surface area contributed by atoms with E-state index in [1.54, 1.807) is 0 Å².